The smallest absolute Gasteiger partial charge is 0.163 e. The molecule has 0 saturated carbocycles. The topological polar surface area (TPSA) is 38.8 Å². The number of methoxy groups -OCH3 is 1. The third-order valence-electron chi connectivity index (χ3n) is 3.87. The molecular formula is C17H25NO3. The first-order chi connectivity index (χ1) is 10.2. The van der Waals surface area contributed by atoms with E-state index in [-0.39, 0.29) is 11.9 Å². The van der Waals surface area contributed by atoms with Gasteiger partial charge in [-0.15, -0.1) is 0 Å². The first-order valence-electron chi connectivity index (χ1n) is 7.72. The Hall–Kier alpha value is -1.39. The lowest BCUT2D eigenvalue weighted by Gasteiger charge is -2.31. The van der Waals surface area contributed by atoms with Crippen molar-refractivity contribution in [2.24, 2.45) is 0 Å². The van der Waals surface area contributed by atoms with Crippen LogP contribution in [0.5, 0.6) is 5.75 Å². The maximum absolute atomic E-state index is 12.3. The van der Waals surface area contributed by atoms with Crippen molar-refractivity contribution in [3.05, 3.63) is 29.8 Å². The molecule has 0 amide bonds. The molecule has 0 spiro atoms. The van der Waals surface area contributed by atoms with Gasteiger partial charge in [0.15, 0.2) is 5.78 Å². The number of aryl methyl sites for hydroxylation is 1. The Morgan fingerprint density at radius 1 is 1.38 bits per heavy atom. The number of hydrogen-bond donors (Lipinski definition) is 0. The van der Waals surface area contributed by atoms with E-state index in [0.29, 0.717) is 13.0 Å². The van der Waals surface area contributed by atoms with Gasteiger partial charge in [0.2, 0.25) is 0 Å². The van der Waals surface area contributed by atoms with Gasteiger partial charge in [0.05, 0.1) is 13.7 Å². The van der Waals surface area contributed by atoms with Crippen molar-refractivity contribution in [2.45, 2.75) is 32.3 Å². The number of carbonyl (C=O) groups excluding carboxylic acids is 1. The van der Waals surface area contributed by atoms with Gasteiger partial charge in [0.1, 0.15) is 11.9 Å². The van der Waals surface area contributed by atoms with Crippen LogP contribution in [-0.2, 0) is 16.0 Å². The molecule has 0 bridgehead atoms. The third-order valence-corrected chi connectivity index (χ3v) is 3.87. The van der Waals surface area contributed by atoms with Gasteiger partial charge in [0, 0.05) is 19.5 Å². The van der Waals surface area contributed by atoms with Crippen molar-refractivity contribution in [1.29, 1.82) is 0 Å². The van der Waals surface area contributed by atoms with E-state index in [1.54, 1.807) is 7.11 Å². The Bertz CT molecular complexity index is 442. The predicted octanol–water partition coefficient (Wildman–Crippen LogP) is 2.31. The molecule has 1 aromatic rings. The Balaban J connectivity index is 1.80. The highest BCUT2D eigenvalue weighted by Crippen LogP contribution is 2.14. The van der Waals surface area contributed by atoms with Crippen LogP contribution in [0.1, 0.15) is 25.3 Å². The number of Topliss-reactive ketones (excluding diaryl/α,β-unsaturated/α-hetero) is 1. The van der Waals surface area contributed by atoms with E-state index in [0.717, 1.165) is 43.8 Å². The molecule has 21 heavy (non-hydrogen) atoms. The molecule has 0 aliphatic carbocycles. The highest BCUT2D eigenvalue weighted by molar-refractivity contribution is 5.83. The van der Waals surface area contributed by atoms with Crippen molar-refractivity contribution in [3.8, 4) is 5.75 Å². The summed E-state index contributed by atoms with van der Waals surface area (Å²) in [6.07, 6.45) is 2.17. The molecule has 0 N–H and O–H groups in total. The van der Waals surface area contributed by atoms with Crippen LogP contribution in [0, 0.1) is 0 Å². The van der Waals surface area contributed by atoms with E-state index >= 15 is 0 Å². The standard InChI is InChI=1S/C17H25NO3/c1-3-10-18-11-12-21-17(13-18)16(19)9-6-14-4-7-15(20-2)8-5-14/h4-5,7-8,17H,3,6,9-13H2,1-2H3. The summed E-state index contributed by atoms with van der Waals surface area (Å²) in [5.74, 6) is 1.06. The van der Waals surface area contributed by atoms with Crippen LogP contribution >= 0.6 is 0 Å². The van der Waals surface area contributed by atoms with Gasteiger partial charge in [-0.1, -0.05) is 19.1 Å². The summed E-state index contributed by atoms with van der Waals surface area (Å²) >= 11 is 0. The molecule has 1 aliphatic rings. The average Bonchev–Trinajstić information content (AvgIpc) is 2.53. The van der Waals surface area contributed by atoms with Gasteiger partial charge in [0.25, 0.3) is 0 Å². The normalized spacial score (nSPS) is 19.4. The quantitative estimate of drug-likeness (QED) is 0.773. The van der Waals surface area contributed by atoms with Gasteiger partial charge in [-0.05, 0) is 37.1 Å². The van der Waals surface area contributed by atoms with Crippen molar-refractivity contribution >= 4 is 5.78 Å². The Morgan fingerprint density at radius 3 is 2.81 bits per heavy atom. The molecular weight excluding hydrogens is 266 g/mol. The monoisotopic (exact) mass is 291 g/mol. The largest absolute Gasteiger partial charge is 0.497 e. The molecule has 1 aliphatic heterocycles. The number of rotatable bonds is 7. The fourth-order valence-electron chi connectivity index (χ4n) is 2.64. The molecule has 4 nitrogen and oxygen atoms in total. The van der Waals surface area contributed by atoms with Gasteiger partial charge in [-0.3, -0.25) is 9.69 Å². The first-order valence-corrected chi connectivity index (χ1v) is 7.72. The Labute approximate surface area is 127 Å². The molecule has 0 aromatic heterocycles. The molecule has 116 valence electrons. The number of ether oxygens (including phenoxy) is 2. The lowest BCUT2D eigenvalue weighted by molar-refractivity contribution is -0.136. The zero-order valence-corrected chi connectivity index (χ0v) is 13.0. The van der Waals surface area contributed by atoms with Crippen LogP contribution in [0.4, 0.5) is 0 Å². The maximum atomic E-state index is 12.3. The van der Waals surface area contributed by atoms with Gasteiger partial charge in [-0.25, -0.2) is 0 Å². The predicted molar refractivity (Wildman–Crippen MR) is 82.8 cm³/mol. The molecule has 4 heteroatoms. The average molecular weight is 291 g/mol. The summed E-state index contributed by atoms with van der Waals surface area (Å²) < 4.78 is 10.8. The van der Waals surface area contributed by atoms with Crippen LogP contribution < -0.4 is 4.74 Å². The van der Waals surface area contributed by atoms with Crippen molar-refractivity contribution in [1.82, 2.24) is 4.90 Å². The molecule has 2 rings (SSSR count). The fourth-order valence-corrected chi connectivity index (χ4v) is 2.64. The van der Waals surface area contributed by atoms with Crippen LogP contribution in [0.15, 0.2) is 24.3 Å². The van der Waals surface area contributed by atoms with Crippen LogP contribution in [0.3, 0.4) is 0 Å². The number of ketones is 1. The highest BCUT2D eigenvalue weighted by atomic mass is 16.5. The number of nitrogens with zero attached hydrogens (tertiary/aromatic N) is 1. The number of benzene rings is 1. The Kier molecular flexibility index (Phi) is 6.21. The number of carbonyl (C=O) groups is 1. The molecule has 1 heterocycles. The maximum Gasteiger partial charge on any atom is 0.163 e. The molecule has 1 saturated heterocycles. The summed E-state index contributed by atoms with van der Waals surface area (Å²) in [6.45, 7) is 5.56. The van der Waals surface area contributed by atoms with Crippen molar-refractivity contribution < 1.29 is 14.3 Å². The number of morpholine rings is 1. The second-order valence-electron chi connectivity index (χ2n) is 5.47. The Morgan fingerprint density at radius 2 is 2.14 bits per heavy atom. The fraction of sp³-hybridized carbons (Fsp3) is 0.588. The van der Waals surface area contributed by atoms with Gasteiger partial charge in [-0.2, -0.15) is 0 Å². The summed E-state index contributed by atoms with van der Waals surface area (Å²) in [5, 5.41) is 0. The lowest BCUT2D eigenvalue weighted by Crippen LogP contribution is -2.46. The second kappa shape index (κ2) is 8.15. The highest BCUT2D eigenvalue weighted by Gasteiger charge is 2.25. The molecule has 1 fully saturated rings. The van der Waals surface area contributed by atoms with E-state index in [1.807, 2.05) is 24.3 Å². The van der Waals surface area contributed by atoms with E-state index in [4.69, 9.17) is 9.47 Å². The number of hydrogen-bond acceptors (Lipinski definition) is 4. The van der Waals surface area contributed by atoms with Gasteiger partial charge < -0.3 is 9.47 Å². The van der Waals surface area contributed by atoms with E-state index in [2.05, 4.69) is 11.8 Å². The van der Waals surface area contributed by atoms with Crippen LogP contribution in [0.2, 0.25) is 0 Å². The molecule has 0 radical (unpaired) electrons. The summed E-state index contributed by atoms with van der Waals surface area (Å²) in [5.41, 5.74) is 1.16. The van der Waals surface area contributed by atoms with Crippen LogP contribution in [0.25, 0.3) is 0 Å². The molecule has 1 aromatic carbocycles. The zero-order valence-electron chi connectivity index (χ0n) is 13.0. The molecule has 1 unspecified atom stereocenters. The minimum atomic E-state index is -0.247. The minimum absolute atomic E-state index is 0.214. The summed E-state index contributed by atoms with van der Waals surface area (Å²) in [4.78, 5) is 14.6. The van der Waals surface area contributed by atoms with E-state index in [1.165, 1.54) is 0 Å². The van der Waals surface area contributed by atoms with Crippen molar-refractivity contribution in [3.63, 3.8) is 0 Å². The van der Waals surface area contributed by atoms with Crippen LogP contribution in [-0.4, -0.2) is 50.1 Å². The molecule has 1 atom stereocenters. The lowest BCUT2D eigenvalue weighted by atomic mass is 10.0. The minimum Gasteiger partial charge on any atom is -0.497 e. The summed E-state index contributed by atoms with van der Waals surface area (Å²) in [6, 6.07) is 7.88. The summed E-state index contributed by atoms with van der Waals surface area (Å²) in [7, 11) is 1.65. The van der Waals surface area contributed by atoms with Crippen molar-refractivity contribution in [2.75, 3.05) is 33.4 Å². The van der Waals surface area contributed by atoms with E-state index < -0.39 is 0 Å². The SMILES string of the molecule is CCCN1CCOC(C(=O)CCc2ccc(OC)cc2)C1. The third kappa shape index (κ3) is 4.83. The first kappa shape index (κ1) is 16.0. The van der Waals surface area contributed by atoms with E-state index in [9.17, 15) is 4.79 Å². The van der Waals surface area contributed by atoms with Gasteiger partial charge >= 0.3 is 0 Å². The zero-order chi connectivity index (χ0) is 15.1. The second-order valence-corrected chi connectivity index (χ2v) is 5.47.